The Balaban J connectivity index is 1.34. The van der Waals surface area contributed by atoms with Crippen molar-refractivity contribution < 1.29 is 18.8 Å². The molecule has 150 valence electrons. The Morgan fingerprint density at radius 3 is 2.48 bits per heavy atom. The molecule has 2 amide bonds. The molecule has 4 rings (SSSR count). The maximum Gasteiger partial charge on any atom is 0.490 e. The van der Waals surface area contributed by atoms with Gasteiger partial charge in [-0.2, -0.15) is 0 Å². The van der Waals surface area contributed by atoms with Gasteiger partial charge in [0.15, 0.2) is 0 Å². The molecule has 4 heterocycles. The molecule has 0 radical (unpaired) electrons. The molecule has 4 aliphatic heterocycles. The van der Waals surface area contributed by atoms with Gasteiger partial charge in [0.2, 0.25) is 0 Å². The van der Waals surface area contributed by atoms with E-state index < -0.39 is 0 Å². The maximum atomic E-state index is 13.0. The molecule has 1 atom stereocenters. The summed E-state index contributed by atoms with van der Waals surface area (Å²) in [5, 5.41) is 0. The van der Waals surface area contributed by atoms with Crippen LogP contribution in [0.3, 0.4) is 0 Å². The highest BCUT2D eigenvalue weighted by Gasteiger charge is 2.52. The standard InChI is InChI=1S/C19H32BN3O4/c1-18(2)19(3,4)27-20(26-18)15-5-7-22(8-6-15)17(24)23-10-9-21-11-12-25-14-16(21)13-23/h5,16H,6-14H2,1-4H3. The lowest BCUT2D eigenvalue weighted by Gasteiger charge is -2.45. The van der Waals surface area contributed by atoms with Crippen molar-refractivity contribution in [3.05, 3.63) is 11.5 Å². The van der Waals surface area contributed by atoms with E-state index in [1.807, 2.05) is 9.80 Å². The van der Waals surface area contributed by atoms with Gasteiger partial charge in [-0.25, -0.2) is 4.79 Å². The van der Waals surface area contributed by atoms with Crippen LogP contribution in [0.25, 0.3) is 0 Å². The summed E-state index contributed by atoms with van der Waals surface area (Å²) in [4.78, 5) is 19.3. The molecule has 0 aliphatic carbocycles. The zero-order valence-electron chi connectivity index (χ0n) is 17.1. The minimum absolute atomic E-state index is 0.143. The van der Waals surface area contributed by atoms with E-state index in [0.717, 1.165) is 57.8 Å². The summed E-state index contributed by atoms with van der Waals surface area (Å²) in [6, 6.07) is 0.488. The lowest BCUT2D eigenvalue weighted by molar-refractivity contribution is -0.0387. The highest BCUT2D eigenvalue weighted by molar-refractivity contribution is 6.54. The molecule has 0 bridgehead atoms. The largest absolute Gasteiger partial charge is 0.490 e. The minimum Gasteiger partial charge on any atom is -0.400 e. The van der Waals surface area contributed by atoms with Crippen LogP contribution in [0.5, 0.6) is 0 Å². The summed E-state index contributed by atoms with van der Waals surface area (Å²) in [5.41, 5.74) is 0.503. The van der Waals surface area contributed by atoms with Gasteiger partial charge in [0.1, 0.15) is 0 Å². The summed E-state index contributed by atoms with van der Waals surface area (Å²) in [6.07, 6.45) is 2.92. The number of hydrogen-bond donors (Lipinski definition) is 0. The second kappa shape index (κ2) is 7.06. The van der Waals surface area contributed by atoms with Crippen molar-refractivity contribution in [2.24, 2.45) is 0 Å². The first-order valence-electron chi connectivity index (χ1n) is 10.2. The second-order valence-corrected chi connectivity index (χ2v) is 9.06. The Morgan fingerprint density at radius 1 is 1.07 bits per heavy atom. The van der Waals surface area contributed by atoms with Crippen molar-refractivity contribution in [1.29, 1.82) is 0 Å². The van der Waals surface area contributed by atoms with Gasteiger partial charge >= 0.3 is 13.1 Å². The molecular formula is C19H32BN3O4. The predicted molar refractivity (Wildman–Crippen MR) is 104 cm³/mol. The fraction of sp³-hybridized carbons (Fsp3) is 0.842. The molecule has 4 aliphatic rings. The van der Waals surface area contributed by atoms with Crippen molar-refractivity contribution in [2.45, 2.75) is 51.4 Å². The zero-order valence-corrected chi connectivity index (χ0v) is 17.1. The highest BCUT2D eigenvalue weighted by Crippen LogP contribution is 2.39. The number of hydrogen-bond acceptors (Lipinski definition) is 5. The van der Waals surface area contributed by atoms with Crippen LogP contribution in [0, 0.1) is 0 Å². The van der Waals surface area contributed by atoms with Gasteiger partial charge < -0.3 is 23.8 Å². The molecule has 0 saturated carbocycles. The van der Waals surface area contributed by atoms with E-state index in [1.165, 1.54) is 0 Å². The monoisotopic (exact) mass is 377 g/mol. The number of ether oxygens (including phenoxy) is 1. The molecule has 1 unspecified atom stereocenters. The van der Waals surface area contributed by atoms with Gasteiger partial charge in [-0.05, 0) is 39.6 Å². The van der Waals surface area contributed by atoms with Crippen molar-refractivity contribution in [3.8, 4) is 0 Å². The minimum atomic E-state index is -0.326. The first kappa shape index (κ1) is 19.2. The number of piperazine rings is 1. The number of carbonyl (C=O) groups is 1. The van der Waals surface area contributed by atoms with Gasteiger partial charge in [0.05, 0.1) is 30.5 Å². The number of morpholine rings is 1. The average molecular weight is 377 g/mol. The van der Waals surface area contributed by atoms with E-state index in [0.29, 0.717) is 12.6 Å². The van der Waals surface area contributed by atoms with Crippen LogP contribution in [0.2, 0.25) is 0 Å². The van der Waals surface area contributed by atoms with Crippen molar-refractivity contribution in [1.82, 2.24) is 14.7 Å². The number of carbonyl (C=O) groups excluding carboxylic acids is 1. The van der Waals surface area contributed by atoms with Gasteiger partial charge in [0, 0.05) is 39.3 Å². The van der Waals surface area contributed by atoms with Crippen molar-refractivity contribution >= 4 is 13.1 Å². The third-order valence-electron chi connectivity index (χ3n) is 6.78. The van der Waals surface area contributed by atoms with E-state index in [9.17, 15) is 4.79 Å². The van der Waals surface area contributed by atoms with E-state index >= 15 is 0 Å². The predicted octanol–water partition coefficient (Wildman–Crippen LogP) is 1.39. The lowest BCUT2D eigenvalue weighted by atomic mass is 9.75. The highest BCUT2D eigenvalue weighted by atomic mass is 16.7. The van der Waals surface area contributed by atoms with Crippen LogP contribution in [-0.4, -0.2) is 97.6 Å². The first-order valence-corrected chi connectivity index (χ1v) is 10.2. The van der Waals surface area contributed by atoms with Crippen LogP contribution in [0.1, 0.15) is 34.1 Å². The van der Waals surface area contributed by atoms with Crippen molar-refractivity contribution in [2.75, 3.05) is 52.5 Å². The number of urea groups is 1. The van der Waals surface area contributed by atoms with Gasteiger partial charge in [-0.1, -0.05) is 6.08 Å². The van der Waals surface area contributed by atoms with E-state index in [4.69, 9.17) is 14.0 Å². The molecular weight excluding hydrogens is 345 g/mol. The summed E-state index contributed by atoms with van der Waals surface area (Å²) in [5.74, 6) is 0. The Hall–Kier alpha value is -1.09. The van der Waals surface area contributed by atoms with Gasteiger partial charge in [-0.15, -0.1) is 0 Å². The molecule has 7 nitrogen and oxygen atoms in total. The zero-order chi connectivity index (χ0) is 19.2. The fourth-order valence-electron chi connectivity index (χ4n) is 4.19. The number of rotatable bonds is 1. The molecule has 0 spiro atoms. The Labute approximate surface area is 162 Å². The van der Waals surface area contributed by atoms with E-state index in [1.54, 1.807) is 0 Å². The third-order valence-corrected chi connectivity index (χ3v) is 6.78. The lowest BCUT2D eigenvalue weighted by Crippen LogP contribution is -2.61. The van der Waals surface area contributed by atoms with Crippen molar-refractivity contribution in [3.63, 3.8) is 0 Å². The number of fused-ring (bicyclic) bond motifs is 1. The Bertz CT molecular complexity index is 608. The summed E-state index contributed by atoms with van der Waals surface area (Å²) >= 11 is 0. The van der Waals surface area contributed by atoms with Crippen LogP contribution >= 0.6 is 0 Å². The Kier molecular flexibility index (Phi) is 5.03. The van der Waals surface area contributed by atoms with Gasteiger partial charge in [-0.3, -0.25) is 4.90 Å². The van der Waals surface area contributed by atoms with Crippen LogP contribution in [-0.2, 0) is 14.0 Å². The van der Waals surface area contributed by atoms with Crippen LogP contribution in [0.15, 0.2) is 11.5 Å². The van der Waals surface area contributed by atoms with Gasteiger partial charge in [0.25, 0.3) is 0 Å². The van der Waals surface area contributed by atoms with E-state index in [2.05, 4.69) is 38.7 Å². The van der Waals surface area contributed by atoms with E-state index in [-0.39, 0.29) is 24.4 Å². The first-order chi connectivity index (χ1) is 12.8. The summed E-state index contributed by atoms with van der Waals surface area (Å²) in [7, 11) is -0.296. The summed E-state index contributed by atoms with van der Waals surface area (Å²) in [6.45, 7) is 14.7. The molecule has 3 fully saturated rings. The molecule has 0 N–H and O–H groups in total. The second-order valence-electron chi connectivity index (χ2n) is 9.06. The number of amides is 2. The molecule has 3 saturated heterocycles. The number of nitrogens with zero attached hydrogens (tertiary/aromatic N) is 3. The molecule has 27 heavy (non-hydrogen) atoms. The molecule has 0 aromatic rings. The van der Waals surface area contributed by atoms with Crippen LogP contribution in [0.4, 0.5) is 4.79 Å². The Morgan fingerprint density at radius 2 is 1.81 bits per heavy atom. The maximum absolute atomic E-state index is 13.0. The topological polar surface area (TPSA) is 54.5 Å². The SMILES string of the molecule is CC1(C)OB(C2=CCN(C(=O)N3CCN4CCOCC4C3)CC2)OC1(C)C. The van der Waals surface area contributed by atoms with Crippen LogP contribution < -0.4 is 0 Å². The quantitative estimate of drug-likeness (QED) is 0.647. The summed E-state index contributed by atoms with van der Waals surface area (Å²) < 4.78 is 17.9. The third kappa shape index (κ3) is 3.64. The smallest absolute Gasteiger partial charge is 0.400 e. The fourth-order valence-corrected chi connectivity index (χ4v) is 4.19. The molecule has 0 aromatic heterocycles. The molecule has 8 heteroatoms. The normalized spacial score (nSPS) is 30.9. The average Bonchev–Trinajstić information content (AvgIpc) is 2.88. The molecule has 0 aromatic carbocycles.